The van der Waals surface area contributed by atoms with Crippen molar-refractivity contribution >= 4 is 23.7 Å². The van der Waals surface area contributed by atoms with Gasteiger partial charge in [0, 0.05) is 10.6 Å². The Hall–Kier alpha value is -3.25. The van der Waals surface area contributed by atoms with E-state index in [4.69, 9.17) is 25.5 Å². The molecule has 1 amide bonds. The van der Waals surface area contributed by atoms with Crippen molar-refractivity contribution in [2.24, 2.45) is 5.10 Å². The monoisotopic (exact) mass is 412 g/mol. The van der Waals surface area contributed by atoms with E-state index in [1.54, 1.807) is 25.5 Å². The average Bonchev–Trinajstić information content (AvgIpc) is 3.25. The Bertz CT molecular complexity index is 1010. The van der Waals surface area contributed by atoms with Gasteiger partial charge in [-0.1, -0.05) is 11.6 Å². The highest BCUT2D eigenvalue weighted by atomic mass is 35.5. The van der Waals surface area contributed by atoms with Gasteiger partial charge >= 0.3 is 5.91 Å². The number of carbonyl (C=O) groups excluding carboxylic acids is 1. The van der Waals surface area contributed by atoms with Gasteiger partial charge < -0.3 is 13.9 Å². The first-order chi connectivity index (χ1) is 14.0. The minimum Gasteiger partial charge on any atom is -0.496 e. The summed E-state index contributed by atoms with van der Waals surface area (Å²) in [7, 11) is 1.60. The molecular weight excluding hydrogens is 392 g/mol. The van der Waals surface area contributed by atoms with Gasteiger partial charge in [-0.25, -0.2) is 5.43 Å². The molecule has 1 aromatic heterocycles. The number of benzene rings is 2. The highest BCUT2D eigenvalue weighted by Crippen LogP contribution is 2.27. The lowest BCUT2D eigenvalue weighted by atomic mass is 10.1. The second kappa shape index (κ2) is 9.30. The fraction of sp³-hybridized carbons (Fsp3) is 0.182. The minimum absolute atomic E-state index is 0.194. The van der Waals surface area contributed by atoms with Crippen molar-refractivity contribution in [3.05, 3.63) is 81.8 Å². The van der Waals surface area contributed by atoms with Crippen molar-refractivity contribution < 1.29 is 18.7 Å². The van der Waals surface area contributed by atoms with Crippen molar-refractivity contribution in [3.8, 4) is 11.5 Å². The molecule has 0 aliphatic heterocycles. The predicted molar refractivity (Wildman–Crippen MR) is 112 cm³/mol. The largest absolute Gasteiger partial charge is 0.496 e. The van der Waals surface area contributed by atoms with E-state index in [-0.39, 0.29) is 5.76 Å². The smallest absolute Gasteiger partial charge is 0.307 e. The topological polar surface area (TPSA) is 73.1 Å². The summed E-state index contributed by atoms with van der Waals surface area (Å²) in [4.78, 5) is 11.8. The van der Waals surface area contributed by atoms with Crippen molar-refractivity contribution in [1.29, 1.82) is 0 Å². The molecule has 29 heavy (non-hydrogen) atoms. The second-order valence-electron chi connectivity index (χ2n) is 6.41. The molecule has 0 atom stereocenters. The van der Waals surface area contributed by atoms with E-state index in [1.807, 2.05) is 44.2 Å². The number of ether oxygens (including phenoxy) is 2. The first-order valence-electron chi connectivity index (χ1n) is 8.91. The van der Waals surface area contributed by atoms with Gasteiger partial charge in [-0.05, 0) is 73.0 Å². The average molecular weight is 413 g/mol. The minimum atomic E-state index is -0.420. The first kappa shape index (κ1) is 20.5. The Kier molecular flexibility index (Phi) is 6.57. The summed E-state index contributed by atoms with van der Waals surface area (Å²) in [6, 6.07) is 12.5. The van der Waals surface area contributed by atoms with Crippen LogP contribution in [0.25, 0.3) is 0 Å². The van der Waals surface area contributed by atoms with E-state index >= 15 is 0 Å². The van der Waals surface area contributed by atoms with Crippen LogP contribution in [0.5, 0.6) is 11.5 Å². The molecule has 150 valence electrons. The SMILES string of the molecule is COc1ccc(/C=N\NC(=O)c2ccco2)cc1COc1cc(C)c(Cl)c(C)c1. The van der Waals surface area contributed by atoms with Crippen LogP contribution in [-0.2, 0) is 6.61 Å². The maximum atomic E-state index is 11.8. The van der Waals surface area contributed by atoms with E-state index in [1.165, 1.54) is 6.26 Å². The number of nitrogens with one attached hydrogen (secondary N) is 1. The zero-order valence-electron chi connectivity index (χ0n) is 16.4. The molecule has 7 heteroatoms. The van der Waals surface area contributed by atoms with Gasteiger partial charge in [-0.15, -0.1) is 0 Å². The van der Waals surface area contributed by atoms with Crippen LogP contribution in [0.4, 0.5) is 0 Å². The molecule has 0 radical (unpaired) electrons. The third-order valence-corrected chi connectivity index (χ3v) is 4.83. The van der Waals surface area contributed by atoms with Crippen LogP contribution in [0.2, 0.25) is 5.02 Å². The first-order valence-corrected chi connectivity index (χ1v) is 9.29. The Morgan fingerprint density at radius 1 is 1.21 bits per heavy atom. The number of hydrogen-bond donors (Lipinski definition) is 1. The van der Waals surface area contributed by atoms with E-state index in [9.17, 15) is 4.79 Å². The normalized spacial score (nSPS) is 10.9. The molecule has 0 aliphatic carbocycles. The number of aryl methyl sites for hydroxylation is 2. The Labute approximate surface area is 174 Å². The number of hydrazone groups is 1. The molecule has 0 saturated carbocycles. The van der Waals surface area contributed by atoms with Crippen LogP contribution in [0.3, 0.4) is 0 Å². The molecule has 0 unspecified atom stereocenters. The van der Waals surface area contributed by atoms with Gasteiger partial charge in [-0.2, -0.15) is 5.10 Å². The Morgan fingerprint density at radius 3 is 2.62 bits per heavy atom. The number of amides is 1. The maximum Gasteiger partial charge on any atom is 0.307 e. The van der Waals surface area contributed by atoms with Gasteiger partial charge in [0.05, 0.1) is 19.6 Å². The molecule has 3 rings (SSSR count). The summed E-state index contributed by atoms with van der Waals surface area (Å²) in [6.07, 6.45) is 2.97. The van der Waals surface area contributed by atoms with Crippen LogP contribution in [0.1, 0.15) is 32.8 Å². The summed E-state index contributed by atoms with van der Waals surface area (Å²) >= 11 is 6.21. The van der Waals surface area contributed by atoms with Crippen molar-refractivity contribution in [2.75, 3.05) is 7.11 Å². The molecule has 1 N–H and O–H groups in total. The van der Waals surface area contributed by atoms with Crippen LogP contribution >= 0.6 is 11.6 Å². The molecule has 6 nitrogen and oxygen atoms in total. The zero-order chi connectivity index (χ0) is 20.8. The fourth-order valence-electron chi connectivity index (χ4n) is 2.77. The van der Waals surface area contributed by atoms with Gasteiger partial charge in [0.1, 0.15) is 18.1 Å². The van der Waals surface area contributed by atoms with Crippen LogP contribution < -0.4 is 14.9 Å². The van der Waals surface area contributed by atoms with Gasteiger partial charge in [0.25, 0.3) is 0 Å². The quantitative estimate of drug-likeness (QED) is 0.442. The summed E-state index contributed by atoms with van der Waals surface area (Å²) in [6.45, 7) is 4.19. The van der Waals surface area contributed by atoms with E-state index in [0.29, 0.717) is 12.4 Å². The summed E-state index contributed by atoms with van der Waals surface area (Å²) in [5, 5.41) is 4.70. The van der Waals surface area contributed by atoms with Gasteiger partial charge in [0.15, 0.2) is 5.76 Å². The highest BCUT2D eigenvalue weighted by Gasteiger charge is 2.09. The molecule has 0 fully saturated rings. The van der Waals surface area contributed by atoms with E-state index in [2.05, 4.69) is 10.5 Å². The van der Waals surface area contributed by atoms with E-state index in [0.717, 1.165) is 33.0 Å². The fourth-order valence-corrected chi connectivity index (χ4v) is 2.88. The predicted octanol–water partition coefficient (Wildman–Crippen LogP) is 4.90. The lowest BCUT2D eigenvalue weighted by molar-refractivity contribution is 0.0927. The number of halogens is 1. The standard InChI is InChI=1S/C22H21ClN2O4/c1-14-9-18(10-15(2)21(14)23)29-13-17-11-16(6-7-19(17)27-3)12-24-25-22(26)20-5-4-8-28-20/h4-12H,13H2,1-3H3,(H,25,26)/b24-12-. The number of nitrogens with zero attached hydrogens (tertiary/aromatic N) is 1. The number of methoxy groups -OCH3 is 1. The molecule has 0 saturated heterocycles. The van der Waals surface area contributed by atoms with Crippen molar-refractivity contribution in [3.63, 3.8) is 0 Å². The van der Waals surface area contributed by atoms with Gasteiger partial charge in [-0.3, -0.25) is 4.79 Å². The van der Waals surface area contributed by atoms with Crippen LogP contribution in [0.15, 0.2) is 58.2 Å². The van der Waals surface area contributed by atoms with Gasteiger partial charge in [0.2, 0.25) is 0 Å². The molecule has 1 heterocycles. The molecule has 0 spiro atoms. The Balaban J connectivity index is 1.70. The highest BCUT2D eigenvalue weighted by molar-refractivity contribution is 6.32. The zero-order valence-corrected chi connectivity index (χ0v) is 17.1. The van der Waals surface area contributed by atoms with E-state index < -0.39 is 5.91 Å². The molecule has 2 aromatic carbocycles. The lowest BCUT2D eigenvalue weighted by Gasteiger charge is -2.13. The van der Waals surface area contributed by atoms with Crippen LogP contribution in [0, 0.1) is 13.8 Å². The molecule has 3 aromatic rings. The molecule has 0 bridgehead atoms. The van der Waals surface area contributed by atoms with Crippen LogP contribution in [-0.4, -0.2) is 19.2 Å². The number of rotatable bonds is 7. The number of carbonyl (C=O) groups is 1. The van der Waals surface area contributed by atoms with Crippen molar-refractivity contribution in [2.45, 2.75) is 20.5 Å². The third-order valence-electron chi connectivity index (χ3n) is 4.23. The van der Waals surface area contributed by atoms with Crippen molar-refractivity contribution in [1.82, 2.24) is 5.43 Å². The molecule has 0 aliphatic rings. The lowest BCUT2D eigenvalue weighted by Crippen LogP contribution is -2.16. The summed E-state index contributed by atoms with van der Waals surface area (Å²) in [5.74, 6) is 1.21. The summed E-state index contributed by atoms with van der Waals surface area (Å²) in [5.41, 5.74) is 5.97. The molecular formula is C22H21ClN2O4. The second-order valence-corrected chi connectivity index (χ2v) is 6.79. The number of hydrogen-bond acceptors (Lipinski definition) is 5. The Morgan fingerprint density at radius 2 is 1.97 bits per heavy atom. The maximum absolute atomic E-state index is 11.8. The summed E-state index contributed by atoms with van der Waals surface area (Å²) < 4.78 is 16.4. The third kappa shape index (κ3) is 5.18. The number of furan rings is 1.